The van der Waals surface area contributed by atoms with Crippen LogP contribution in [-0.2, 0) is 17.8 Å². The number of aromatic nitrogens is 1. The molecule has 0 radical (unpaired) electrons. The predicted octanol–water partition coefficient (Wildman–Crippen LogP) is 1.30. The van der Waals surface area contributed by atoms with Crippen LogP contribution < -0.4 is 20.1 Å². The Morgan fingerprint density at radius 2 is 1.85 bits per heavy atom. The Kier molecular flexibility index (Phi) is 4.77. The van der Waals surface area contributed by atoms with Gasteiger partial charge in [0.1, 0.15) is 12.1 Å². The van der Waals surface area contributed by atoms with Crippen LogP contribution >= 0.6 is 0 Å². The number of rotatable bonds is 5. The van der Waals surface area contributed by atoms with Crippen LogP contribution in [0.5, 0.6) is 0 Å². The van der Waals surface area contributed by atoms with Gasteiger partial charge in [-0.2, -0.15) is 0 Å². The number of fused-ring (bicyclic) bond motifs is 2. The molecule has 0 aliphatic carbocycles. The number of likely N-dealkylation sites (N-methyl/N-ethyl adjacent to an activating group) is 1. The molecule has 0 bridgehead atoms. The molecule has 1 aromatic heterocycles. The zero-order valence-corrected chi connectivity index (χ0v) is 15.9. The molecule has 0 spiro atoms. The topological polar surface area (TPSA) is 50.9 Å². The van der Waals surface area contributed by atoms with Crippen molar-refractivity contribution >= 4 is 28.3 Å². The van der Waals surface area contributed by atoms with Gasteiger partial charge in [0, 0.05) is 11.8 Å². The number of para-hydroxylation sites is 1. The van der Waals surface area contributed by atoms with E-state index in [9.17, 15) is 4.79 Å². The number of nitrogens with one attached hydrogen (secondary N) is 3. The lowest BCUT2D eigenvalue weighted by Gasteiger charge is -2.15. The zero-order chi connectivity index (χ0) is 18.8. The van der Waals surface area contributed by atoms with E-state index in [1.54, 1.807) is 0 Å². The lowest BCUT2D eigenvalue weighted by molar-refractivity contribution is -0.849. The van der Waals surface area contributed by atoms with Crippen LogP contribution in [-0.4, -0.2) is 33.1 Å². The van der Waals surface area contributed by atoms with Crippen LogP contribution in [0.25, 0.3) is 10.9 Å². The number of hydrogen-bond donors (Lipinski definition) is 2. The van der Waals surface area contributed by atoms with Gasteiger partial charge >= 0.3 is 0 Å². The molecule has 3 aromatic rings. The molecular weight excluding hydrogens is 336 g/mol. The average Bonchev–Trinajstić information content (AvgIpc) is 3.04. The molecule has 2 heterocycles. The number of amides is 1. The summed E-state index contributed by atoms with van der Waals surface area (Å²) in [4.78, 5) is 19.6. The standard InChI is InChI=1S/C22H24N4O/c1-25(2)15-20(27)24-21-17-10-6-7-11-19(17)23-22-18(21)12-13-26(22)14-16-8-4-3-5-9-16/h3-11H,12-15H2,1-2H3,(H,23,24,27)/p+2. The fourth-order valence-corrected chi connectivity index (χ4v) is 3.78. The van der Waals surface area contributed by atoms with Gasteiger partial charge in [-0.05, 0) is 17.7 Å². The third kappa shape index (κ3) is 3.64. The summed E-state index contributed by atoms with van der Waals surface area (Å²) in [6, 6.07) is 18.7. The number of H-pyrrole nitrogens is 1. The minimum absolute atomic E-state index is 0.0510. The van der Waals surface area contributed by atoms with Crippen molar-refractivity contribution in [2.45, 2.75) is 13.0 Å². The van der Waals surface area contributed by atoms with Gasteiger partial charge in [0.25, 0.3) is 11.7 Å². The first kappa shape index (κ1) is 17.5. The van der Waals surface area contributed by atoms with Crippen molar-refractivity contribution in [3.8, 4) is 0 Å². The molecule has 27 heavy (non-hydrogen) atoms. The first-order valence-electron chi connectivity index (χ1n) is 9.46. The van der Waals surface area contributed by atoms with Gasteiger partial charge in [-0.3, -0.25) is 9.69 Å². The Balaban J connectivity index is 1.73. The van der Waals surface area contributed by atoms with Gasteiger partial charge in [-0.15, -0.1) is 0 Å². The maximum Gasteiger partial charge on any atom is 0.280 e. The highest BCUT2D eigenvalue weighted by Crippen LogP contribution is 2.35. The summed E-state index contributed by atoms with van der Waals surface area (Å²) in [7, 11) is 3.98. The highest BCUT2D eigenvalue weighted by Gasteiger charge is 2.32. The largest absolute Gasteiger partial charge is 0.332 e. The van der Waals surface area contributed by atoms with Crippen LogP contribution in [0.15, 0.2) is 54.6 Å². The number of benzene rings is 2. The molecule has 138 valence electrons. The van der Waals surface area contributed by atoms with Crippen LogP contribution in [0.1, 0.15) is 11.1 Å². The monoisotopic (exact) mass is 362 g/mol. The third-order valence-corrected chi connectivity index (χ3v) is 4.98. The molecule has 0 fully saturated rings. The van der Waals surface area contributed by atoms with E-state index in [0.29, 0.717) is 6.54 Å². The van der Waals surface area contributed by atoms with E-state index in [0.717, 1.165) is 46.8 Å². The third-order valence-electron chi connectivity index (χ3n) is 4.98. The summed E-state index contributed by atoms with van der Waals surface area (Å²) in [5.74, 6) is 1.17. The van der Waals surface area contributed by atoms with Gasteiger partial charge < -0.3 is 10.2 Å². The number of pyridine rings is 1. The van der Waals surface area contributed by atoms with Crippen LogP contribution in [0, 0.1) is 0 Å². The van der Waals surface area contributed by atoms with E-state index < -0.39 is 0 Å². The number of carbonyl (C=O) groups is 1. The molecular formula is C22H26N4O+2. The SMILES string of the molecule is C[NH+](C)CC(=O)Nc1c2c([nH+]c3ccccc13)N(Cc1ccccc1)CC2. The molecule has 3 N–H and O–H groups in total. The van der Waals surface area contributed by atoms with Crippen molar-refractivity contribution in [2.24, 2.45) is 0 Å². The summed E-state index contributed by atoms with van der Waals surface area (Å²) in [5, 5.41) is 4.26. The normalized spacial score (nSPS) is 13.2. The average molecular weight is 362 g/mol. The van der Waals surface area contributed by atoms with Crippen LogP contribution in [0.2, 0.25) is 0 Å². The van der Waals surface area contributed by atoms with E-state index in [2.05, 4.69) is 51.6 Å². The second-order valence-corrected chi connectivity index (χ2v) is 7.46. The fraction of sp³-hybridized carbons (Fsp3) is 0.273. The van der Waals surface area contributed by atoms with E-state index in [1.165, 1.54) is 11.1 Å². The molecule has 0 saturated heterocycles. The van der Waals surface area contributed by atoms with Crippen molar-refractivity contribution in [3.63, 3.8) is 0 Å². The molecule has 4 rings (SSSR count). The smallest absolute Gasteiger partial charge is 0.280 e. The molecule has 2 aromatic carbocycles. The molecule has 1 aliphatic heterocycles. The minimum atomic E-state index is 0.0510. The Hall–Kier alpha value is -2.92. The number of quaternary nitrogens is 1. The van der Waals surface area contributed by atoms with Crippen molar-refractivity contribution in [1.29, 1.82) is 0 Å². The molecule has 0 unspecified atom stereocenters. The lowest BCUT2D eigenvalue weighted by Crippen LogP contribution is -3.06. The summed E-state index contributed by atoms with van der Waals surface area (Å²) in [6.45, 7) is 2.26. The zero-order valence-electron chi connectivity index (χ0n) is 15.9. The Morgan fingerprint density at radius 3 is 2.63 bits per heavy atom. The summed E-state index contributed by atoms with van der Waals surface area (Å²) in [6.07, 6.45) is 0.925. The number of nitrogens with zero attached hydrogens (tertiary/aromatic N) is 1. The van der Waals surface area contributed by atoms with Gasteiger partial charge in [-0.1, -0.05) is 42.5 Å². The number of hydrogen-bond acceptors (Lipinski definition) is 2. The Labute approximate surface area is 159 Å². The maximum absolute atomic E-state index is 12.5. The number of aromatic amines is 1. The van der Waals surface area contributed by atoms with E-state index >= 15 is 0 Å². The molecule has 1 amide bonds. The number of carbonyl (C=O) groups excluding carboxylic acids is 1. The molecule has 0 atom stereocenters. The fourth-order valence-electron chi connectivity index (χ4n) is 3.78. The molecule has 5 heteroatoms. The second kappa shape index (κ2) is 7.37. The maximum atomic E-state index is 12.5. The Morgan fingerprint density at radius 1 is 1.11 bits per heavy atom. The van der Waals surface area contributed by atoms with Crippen LogP contribution in [0.3, 0.4) is 0 Å². The minimum Gasteiger partial charge on any atom is -0.332 e. The molecule has 0 saturated carbocycles. The van der Waals surface area contributed by atoms with Gasteiger partial charge in [0.05, 0.1) is 31.9 Å². The predicted molar refractivity (Wildman–Crippen MR) is 108 cm³/mol. The Bertz CT molecular complexity index is 969. The summed E-state index contributed by atoms with van der Waals surface area (Å²) >= 11 is 0. The first-order chi connectivity index (χ1) is 13.1. The lowest BCUT2D eigenvalue weighted by atomic mass is 10.1. The second-order valence-electron chi connectivity index (χ2n) is 7.46. The van der Waals surface area contributed by atoms with Crippen molar-refractivity contribution in [3.05, 3.63) is 65.7 Å². The van der Waals surface area contributed by atoms with E-state index in [4.69, 9.17) is 0 Å². The van der Waals surface area contributed by atoms with E-state index in [1.807, 2.05) is 32.3 Å². The van der Waals surface area contributed by atoms with Gasteiger partial charge in [0.15, 0.2) is 6.54 Å². The highest BCUT2D eigenvalue weighted by molar-refractivity contribution is 6.03. The molecule has 5 nitrogen and oxygen atoms in total. The highest BCUT2D eigenvalue weighted by atomic mass is 16.2. The van der Waals surface area contributed by atoms with E-state index in [-0.39, 0.29) is 5.91 Å². The van der Waals surface area contributed by atoms with Gasteiger partial charge in [-0.25, -0.2) is 4.98 Å². The summed E-state index contributed by atoms with van der Waals surface area (Å²) < 4.78 is 0. The van der Waals surface area contributed by atoms with Crippen molar-refractivity contribution < 1.29 is 14.7 Å². The quantitative estimate of drug-likeness (QED) is 0.719. The molecule has 1 aliphatic rings. The van der Waals surface area contributed by atoms with Crippen LogP contribution in [0.4, 0.5) is 11.5 Å². The van der Waals surface area contributed by atoms with Gasteiger partial charge in [0.2, 0.25) is 0 Å². The van der Waals surface area contributed by atoms with Crippen molar-refractivity contribution in [2.75, 3.05) is 37.4 Å². The first-order valence-corrected chi connectivity index (χ1v) is 9.46. The van der Waals surface area contributed by atoms with Crippen molar-refractivity contribution in [1.82, 2.24) is 0 Å². The number of anilines is 2. The summed E-state index contributed by atoms with van der Waals surface area (Å²) in [5.41, 5.74) is 4.49.